The second-order valence-electron chi connectivity index (χ2n) is 10.8. The van der Waals surface area contributed by atoms with Crippen LogP contribution >= 0.6 is 12.2 Å². The van der Waals surface area contributed by atoms with Crippen molar-refractivity contribution >= 4 is 28.9 Å². The third kappa shape index (κ3) is 6.87. The summed E-state index contributed by atoms with van der Waals surface area (Å²) in [5.41, 5.74) is 6.55. The van der Waals surface area contributed by atoms with Crippen molar-refractivity contribution < 1.29 is 4.79 Å². The second-order valence-corrected chi connectivity index (χ2v) is 11.2. The first kappa shape index (κ1) is 26.5. The van der Waals surface area contributed by atoms with Gasteiger partial charge in [-0.15, -0.1) is 0 Å². The van der Waals surface area contributed by atoms with Crippen LogP contribution < -0.4 is 10.2 Å². The first-order valence-electron chi connectivity index (χ1n) is 13.7. The van der Waals surface area contributed by atoms with E-state index >= 15 is 0 Å². The van der Waals surface area contributed by atoms with Crippen LogP contribution in [0.3, 0.4) is 0 Å². The number of aryl methyl sites for hydroxylation is 1. The van der Waals surface area contributed by atoms with Gasteiger partial charge in [-0.25, -0.2) is 0 Å². The lowest BCUT2D eigenvalue weighted by Crippen LogP contribution is -2.45. The summed E-state index contributed by atoms with van der Waals surface area (Å²) in [4.78, 5) is 19.9. The van der Waals surface area contributed by atoms with Crippen molar-refractivity contribution in [2.45, 2.75) is 26.2 Å². The number of benzene rings is 3. The predicted molar refractivity (Wildman–Crippen MR) is 161 cm³/mol. The molecule has 2 fully saturated rings. The van der Waals surface area contributed by atoms with Gasteiger partial charge in [-0.05, 0) is 91.8 Å². The highest BCUT2D eigenvalue weighted by Crippen LogP contribution is 2.34. The third-order valence-electron chi connectivity index (χ3n) is 7.74. The molecule has 1 saturated carbocycles. The number of nitrogens with zero attached hydrogens (tertiary/aromatic N) is 3. The fourth-order valence-electron chi connectivity index (χ4n) is 4.98. The van der Waals surface area contributed by atoms with E-state index in [1.165, 1.54) is 24.0 Å². The first-order valence-corrected chi connectivity index (χ1v) is 14.2. The van der Waals surface area contributed by atoms with E-state index in [-0.39, 0.29) is 5.91 Å². The molecule has 1 aliphatic heterocycles. The van der Waals surface area contributed by atoms with Gasteiger partial charge in [-0.2, -0.15) is 0 Å². The molecular weight excluding hydrogens is 488 g/mol. The average Bonchev–Trinajstić information content (AvgIpc) is 3.77. The molecule has 5 rings (SSSR count). The van der Waals surface area contributed by atoms with Gasteiger partial charge < -0.3 is 14.7 Å². The second kappa shape index (κ2) is 12.2. The number of anilines is 1. The van der Waals surface area contributed by atoms with E-state index in [1.54, 1.807) is 0 Å². The van der Waals surface area contributed by atoms with E-state index in [0.717, 1.165) is 62.5 Å². The molecule has 5 nitrogen and oxygen atoms in total. The Balaban J connectivity index is 1.29. The minimum atomic E-state index is -0.169. The number of rotatable bonds is 8. The number of likely N-dealkylation sites (N-methyl/N-ethyl adjacent to an activating group) is 1. The van der Waals surface area contributed by atoms with Crippen LogP contribution in [0.5, 0.6) is 0 Å². The Kier molecular flexibility index (Phi) is 8.52. The number of hydrogen-bond acceptors (Lipinski definition) is 4. The number of thiocarbonyl (C=S) groups is 1. The molecule has 0 bridgehead atoms. The van der Waals surface area contributed by atoms with Crippen molar-refractivity contribution in [2.24, 2.45) is 5.92 Å². The summed E-state index contributed by atoms with van der Waals surface area (Å²) in [5.74, 6) is 0.446. The van der Waals surface area contributed by atoms with Gasteiger partial charge in [0.05, 0.1) is 0 Å². The van der Waals surface area contributed by atoms with Crippen LogP contribution in [0, 0.1) is 12.8 Å². The lowest BCUT2D eigenvalue weighted by molar-refractivity contribution is 0.0977. The lowest BCUT2D eigenvalue weighted by atomic mass is 10.00. The highest BCUT2D eigenvalue weighted by Gasteiger charge is 2.28. The van der Waals surface area contributed by atoms with Gasteiger partial charge in [-0.3, -0.25) is 10.1 Å². The third-order valence-corrected chi connectivity index (χ3v) is 8.06. The largest absolute Gasteiger partial charge is 0.318 e. The average molecular weight is 527 g/mol. The summed E-state index contributed by atoms with van der Waals surface area (Å²) in [6.45, 7) is 8.69. The Hall–Kier alpha value is -3.06. The van der Waals surface area contributed by atoms with Crippen molar-refractivity contribution in [2.75, 3.05) is 51.2 Å². The predicted octanol–water partition coefficient (Wildman–Crippen LogP) is 5.38. The zero-order valence-corrected chi connectivity index (χ0v) is 23.3. The van der Waals surface area contributed by atoms with E-state index in [0.29, 0.717) is 16.6 Å². The summed E-state index contributed by atoms with van der Waals surface area (Å²) >= 11 is 5.79. The van der Waals surface area contributed by atoms with Crippen molar-refractivity contribution in [1.82, 2.24) is 15.1 Å². The van der Waals surface area contributed by atoms with E-state index in [4.69, 9.17) is 12.2 Å². The fourth-order valence-corrected chi connectivity index (χ4v) is 5.24. The van der Waals surface area contributed by atoms with Crippen LogP contribution in [0.25, 0.3) is 11.1 Å². The number of amides is 1. The van der Waals surface area contributed by atoms with Crippen LogP contribution in [0.2, 0.25) is 0 Å². The smallest absolute Gasteiger partial charge is 0.257 e. The molecule has 1 heterocycles. The van der Waals surface area contributed by atoms with Crippen LogP contribution in [0.4, 0.5) is 5.69 Å². The minimum absolute atomic E-state index is 0.169. The van der Waals surface area contributed by atoms with Gasteiger partial charge in [0.15, 0.2) is 5.11 Å². The minimum Gasteiger partial charge on any atom is -0.318 e. The van der Waals surface area contributed by atoms with Crippen molar-refractivity contribution in [3.8, 4) is 11.1 Å². The maximum atomic E-state index is 12.8. The molecule has 0 radical (unpaired) electrons. The number of carbonyl (C=O) groups is 1. The number of nitrogens with one attached hydrogen (secondary N) is 1. The number of piperazine rings is 1. The molecule has 0 spiro atoms. The molecule has 2 aliphatic rings. The summed E-state index contributed by atoms with van der Waals surface area (Å²) in [5, 5.41) is 3.44. The molecule has 3 aromatic rings. The Bertz CT molecular complexity index is 1250. The van der Waals surface area contributed by atoms with Crippen molar-refractivity contribution in [3.63, 3.8) is 0 Å². The summed E-state index contributed by atoms with van der Waals surface area (Å²) in [6.07, 6.45) is 3.49. The zero-order valence-electron chi connectivity index (χ0n) is 22.5. The Morgan fingerprint density at radius 3 is 2.32 bits per heavy atom. The molecule has 0 unspecified atom stereocenters. The molecule has 1 saturated heterocycles. The topological polar surface area (TPSA) is 38.8 Å². The molecule has 1 N–H and O–H groups in total. The highest BCUT2D eigenvalue weighted by atomic mass is 32.1. The van der Waals surface area contributed by atoms with Crippen LogP contribution in [-0.4, -0.2) is 67.1 Å². The molecule has 38 heavy (non-hydrogen) atoms. The summed E-state index contributed by atoms with van der Waals surface area (Å²) in [6, 6.07) is 24.8. The van der Waals surface area contributed by atoms with Gasteiger partial charge in [0, 0.05) is 50.5 Å². The van der Waals surface area contributed by atoms with Crippen LogP contribution in [0.15, 0.2) is 72.8 Å². The van der Waals surface area contributed by atoms with Gasteiger partial charge in [0.25, 0.3) is 5.91 Å². The molecule has 6 heteroatoms. The van der Waals surface area contributed by atoms with E-state index < -0.39 is 0 Å². The summed E-state index contributed by atoms with van der Waals surface area (Å²) < 4.78 is 0. The van der Waals surface area contributed by atoms with Gasteiger partial charge in [0.1, 0.15) is 0 Å². The maximum absolute atomic E-state index is 12.8. The molecule has 1 amide bonds. The number of hydrogen-bond donors (Lipinski definition) is 1. The number of carbonyl (C=O) groups excluding carboxylic acids is 1. The van der Waals surface area contributed by atoms with E-state index in [1.807, 2.05) is 30.3 Å². The lowest BCUT2D eigenvalue weighted by Gasteiger charge is -2.32. The fraction of sp³-hybridized carbons (Fsp3) is 0.375. The summed E-state index contributed by atoms with van der Waals surface area (Å²) in [7, 11) is 2.20. The zero-order chi connectivity index (χ0) is 26.5. The van der Waals surface area contributed by atoms with Gasteiger partial charge in [0.2, 0.25) is 0 Å². The molecule has 0 aromatic heterocycles. The maximum Gasteiger partial charge on any atom is 0.257 e. The van der Waals surface area contributed by atoms with E-state index in [2.05, 4.69) is 76.5 Å². The molecule has 1 aliphatic carbocycles. The van der Waals surface area contributed by atoms with Crippen LogP contribution in [0.1, 0.15) is 34.3 Å². The molecule has 3 aromatic carbocycles. The molecule has 198 valence electrons. The molecule has 0 atom stereocenters. The quantitative estimate of drug-likeness (QED) is 0.399. The van der Waals surface area contributed by atoms with Crippen molar-refractivity contribution in [1.29, 1.82) is 0 Å². The Morgan fingerprint density at radius 1 is 0.947 bits per heavy atom. The Labute approximate surface area is 232 Å². The Morgan fingerprint density at radius 2 is 1.63 bits per heavy atom. The molecular formula is C32H38N4OS. The van der Waals surface area contributed by atoms with Gasteiger partial charge >= 0.3 is 0 Å². The normalized spacial score (nSPS) is 16.3. The highest BCUT2D eigenvalue weighted by molar-refractivity contribution is 7.80. The van der Waals surface area contributed by atoms with E-state index in [9.17, 15) is 4.79 Å². The van der Waals surface area contributed by atoms with Gasteiger partial charge in [-0.1, -0.05) is 54.6 Å². The monoisotopic (exact) mass is 526 g/mol. The van der Waals surface area contributed by atoms with Crippen LogP contribution in [-0.2, 0) is 6.42 Å². The van der Waals surface area contributed by atoms with Crippen molar-refractivity contribution in [3.05, 3.63) is 89.5 Å². The first-order chi connectivity index (χ1) is 18.5. The standard InChI is InChI=1S/C32H38N4OS/c1-24-8-13-29(27-14-11-25(12-15-27)16-17-35-20-18-34(2)19-21-35)22-30(24)36(23-26-9-10-26)32(38)33-31(37)28-6-4-3-5-7-28/h3-8,11-15,22,26H,9-10,16-21,23H2,1-2H3,(H,33,37,38). The SMILES string of the molecule is Cc1ccc(-c2ccc(CCN3CCN(C)CC3)cc2)cc1N(CC1CC1)C(=S)NC(=O)c1ccccc1.